The summed E-state index contributed by atoms with van der Waals surface area (Å²) in [7, 11) is 0. The van der Waals surface area contributed by atoms with E-state index in [0.717, 1.165) is 18.7 Å². The smallest absolute Gasteiger partial charge is 0.132 e. The van der Waals surface area contributed by atoms with E-state index in [2.05, 4.69) is 10.6 Å². The number of halogens is 4. The van der Waals surface area contributed by atoms with Crippen LogP contribution in [-0.4, -0.2) is 19.6 Å². The van der Waals surface area contributed by atoms with Gasteiger partial charge in [-0.25, -0.2) is 8.78 Å². The van der Waals surface area contributed by atoms with Crippen LogP contribution in [0.1, 0.15) is 11.6 Å². The molecule has 1 atom stereocenters. The van der Waals surface area contributed by atoms with Crippen molar-refractivity contribution < 1.29 is 8.78 Å². The summed E-state index contributed by atoms with van der Waals surface area (Å²) in [4.78, 5) is 0. The highest BCUT2D eigenvalue weighted by atomic mass is 35.5. The van der Waals surface area contributed by atoms with Gasteiger partial charge < -0.3 is 10.6 Å². The Balaban J connectivity index is 0.00000128. The van der Waals surface area contributed by atoms with Gasteiger partial charge in [0.2, 0.25) is 0 Å². The van der Waals surface area contributed by atoms with E-state index >= 15 is 0 Å². The molecule has 0 bridgehead atoms. The molecule has 16 heavy (non-hydrogen) atoms. The highest BCUT2D eigenvalue weighted by molar-refractivity contribution is 6.30. The van der Waals surface area contributed by atoms with Crippen LogP contribution in [0.2, 0.25) is 5.02 Å². The summed E-state index contributed by atoms with van der Waals surface area (Å²) in [5, 5.41) is 6.21. The highest BCUT2D eigenvalue weighted by Gasteiger charge is 2.22. The first-order valence-electron chi connectivity index (χ1n) is 4.77. The first-order valence-corrected chi connectivity index (χ1v) is 5.15. The topological polar surface area (TPSA) is 24.1 Å². The van der Waals surface area contributed by atoms with Gasteiger partial charge >= 0.3 is 0 Å². The zero-order valence-corrected chi connectivity index (χ0v) is 9.97. The summed E-state index contributed by atoms with van der Waals surface area (Å²) in [6, 6.07) is 1.95. The van der Waals surface area contributed by atoms with Gasteiger partial charge in [-0.2, -0.15) is 0 Å². The molecule has 0 spiro atoms. The maximum atomic E-state index is 13.5. The van der Waals surface area contributed by atoms with Crippen LogP contribution in [0.4, 0.5) is 8.78 Å². The van der Waals surface area contributed by atoms with Crippen molar-refractivity contribution in [1.29, 1.82) is 0 Å². The minimum atomic E-state index is -0.596. The summed E-state index contributed by atoms with van der Waals surface area (Å²) in [5.74, 6) is -1.19. The maximum Gasteiger partial charge on any atom is 0.132 e. The third kappa shape index (κ3) is 2.83. The fourth-order valence-corrected chi connectivity index (χ4v) is 1.94. The molecule has 1 saturated heterocycles. The fraction of sp³-hybridized carbons (Fsp3) is 0.400. The zero-order valence-electron chi connectivity index (χ0n) is 8.40. The first kappa shape index (κ1) is 13.6. The lowest BCUT2D eigenvalue weighted by Gasteiger charge is -2.25. The van der Waals surface area contributed by atoms with Gasteiger partial charge in [-0.15, -0.1) is 12.4 Å². The number of hydrogen-bond donors (Lipinski definition) is 2. The van der Waals surface area contributed by atoms with E-state index in [9.17, 15) is 8.78 Å². The molecule has 0 amide bonds. The molecule has 0 aromatic heterocycles. The Morgan fingerprint density at radius 1 is 1.19 bits per heavy atom. The minimum absolute atomic E-state index is 0. The molecule has 2 rings (SSSR count). The quantitative estimate of drug-likeness (QED) is 0.817. The zero-order chi connectivity index (χ0) is 10.8. The predicted molar refractivity (Wildman–Crippen MR) is 62.2 cm³/mol. The monoisotopic (exact) mass is 268 g/mol. The van der Waals surface area contributed by atoms with Crippen molar-refractivity contribution in [3.8, 4) is 0 Å². The fourth-order valence-electron chi connectivity index (χ4n) is 1.74. The van der Waals surface area contributed by atoms with E-state index in [4.69, 9.17) is 11.6 Å². The van der Waals surface area contributed by atoms with Crippen LogP contribution in [-0.2, 0) is 0 Å². The molecule has 0 saturated carbocycles. The van der Waals surface area contributed by atoms with Gasteiger partial charge in [-0.3, -0.25) is 0 Å². The average molecular weight is 269 g/mol. The van der Waals surface area contributed by atoms with E-state index in [1.165, 1.54) is 0 Å². The highest BCUT2D eigenvalue weighted by Crippen LogP contribution is 2.24. The van der Waals surface area contributed by atoms with E-state index in [1.807, 2.05) is 0 Å². The van der Waals surface area contributed by atoms with Crippen LogP contribution in [0, 0.1) is 11.6 Å². The van der Waals surface area contributed by atoms with Crippen molar-refractivity contribution in [3.05, 3.63) is 34.4 Å². The molecule has 2 N–H and O–H groups in total. The molecule has 0 unspecified atom stereocenters. The summed E-state index contributed by atoms with van der Waals surface area (Å²) in [5.41, 5.74) is 0.0617. The van der Waals surface area contributed by atoms with Crippen LogP contribution in [0.15, 0.2) is 12.1 Å². The molecule has 6 heteroatoms. The Hall–Kier alpha value is -0.420. The van der Waals surface area contributed by atoms with E-state index in [1.54, 1.807) is 0 Å². The van der Waals surface area contributed by atoms with Crippen molar-refractivity contribution in [1.82, 2.24) is 10.6 Å². The molecule has 1 aromatic rings. The Kier molecular flexibility index (Phi) is 4.92. The molecule has 0 radical (unpaired) electrons. The summed E-state index contributed by atoms with van der Waals surface area (Å²) >= 11 is 5.55. The Morgan fingerprint density at radius 3 is 2.31 bits per heavy atom. The summed E-state index contributed by atoms with van der Waals surface area (Å²) < 4.78 is 27.0. The maximum absolute atomic E-state index is 13.5. The van der Waals surface area contributed by atoms with E-state index in [-0.39, 0.29) is 29.0 Å². The third-order valence-electron chi connectivity index (χ3n) is 2.43. The Bertz CT molecular complexity index is 345. The second-order valence-electron chi connectivity index (χ2n) is 3.49. The molecular weight excluding hydrogens is 257 g/mol. The molecule has 1 fully saturated rings. The van der Waals surface area contributed by atoms with Gasteiger partial charge in [0, 0.05) is 30.2 Å². The molecule has 1 aliphatic heterocycles. The second kappa shape index (κ2) is 5.77. The Labute approximate surface area is 104 Å². The van der Waals surface area contributed by atoms with Crippen LogP contribution >= 0.6 is 24.0 Å². The second-order valence-corrected chi connectivity index (χ2v) is 3.93. The van der Waals surface area contributed by atoms with Gasteiger partial charge in [-0.1, -0.05) is 11.6 Å². The van der Waals surface area contributed by atoms with Crippen LogP contribution in [0.25, 0.3) is 0 Å². The molecule has 0 aliphatic carbocycles. The predicted octanol–water partition coefficient (Wildman–Crippen LogP) is 2.27. The SMILES string of the molecule is Cl.Fc1cc(Cl)cc(F)c1[C@H]1CNCCN1. The normalized spacial score (nSPS) is 20.3. The van der Waals surface area contributed by atoms with Gasteiger partial charge in [0.1, 0.15) is 11.6 Å². The van der Waals surface area contributed by atoms with Gasteiger partial charge in [0.15, 0.2) is 0 Å². The molecule has 1 heterocycles. The van der Waals surface area contributed by atoms with E-state index < -0.39 is 11.6 Å². The van der Waals surface area contributed by atoms with Gasteiger partial charge in [-0.05, 0) is 12.1 Å². The molecule has 1 aliphatic rings. The minimum Gasteiger partial charge on any atom is -0.314 e. The molecular formula is C10H12Cl2F2N2. The number of rotatable bonds is 1. The Morgan fingerprint density at radius 2 is 1.81 bits per heavy atom. The van der Waals surface area contributed by atoms with Crippen LogP contribution in [0.3, 0.4) is 0 Å². The first-order chi connectivity index (χ1) is 7.18. The number of benzene rings is 1. The third-order valence-corrected chi connectivity index (χ3v) is 2.65. The largest absolute Gasteiger partial charge is 0.314 e. The lowest BCUT2D eigenvalue weighted by molar-refractivity contribution is 0.401. The number of hydrogen-bond acceptors (Lipinski definition) is 2. The average Bonchev–Trinajstić information content (AvgIpc) is 2.17. The van der Waals surface area contributed by atoms with Crippen molar-refractivity contribution in [3.63, 3.8) is 0 Å². The standard InChI is InChI=1S/C10H11ClF2N2.ClH/c11-6-3-7(12)10(8(13)4-6)9-5-14-1-2-15-9;/h3-4,9,14-15H,1-2,5H2;1H/t9-;/m1./s1. The van der Waals surface area contributed by atoms with Crippen molar-refractivity contribution >= 4 is 24.0 Å². The van der Waals surface area contributed by atoms with Crippen molar-refractivity contribution in [2.45, 2.75) is 6.04 Å². The molecule has 1 aromatic carbocycles. The van der Waals surface area contributed by atoms with Gasteiger partial charge in [0.05, 0.1) is 6.04 Å². The lowest BCUT2D eigenvalue weighted by Crippen LogP contribution is -2.43. The molecule has 90 valence electrons. The summed E-state index contributed by atoms with van der Waals surface area (Å²) in [6.07, 6.45) is 0. The number of piperazine rings is 1. The number of nitrogens with one attached hydrogen (secondary N) is 2. The van der Waals surface area contributed by atoms with Gasteiger partial charge in [0.25, 0.3) is 0 Å². The molecule has 2 nitrogen and oxygen atoms in total. The lowest BCUT2D eigenvalue weighted by atomic mass is 10.0. The van der Waals surface area contributed by atoms with Crippen molar-refractivity contribution in [2.24, 2.45) is 0 Å². The van der Waals surface area contributed by atoms with Crippen LogP contribution < -0.4 is 10.6 Å². The van der Waals surface area contributed by atoms with E-state index in [0.29, 0.717) is 13.1 Å². The van der Waals surface area contributed by atoms with Crippen LogP contribution in [0.5, 0.6) is 0 Å². The van der Waals surface area contributed by atoms with Crippen molar-refractivity contribution in [2.75, 3.05) is 19.6 Å². The summed E-state index contributed by atoms with van der Waals surface area (Å²) in [6.45, 7) is 2.04.